The zero-order chi connectivity index (χ0) is 22.4. The van der Waals surface area contributed by atoms with Crippen molar-refractivity contribution in [2.45, 2.75) is 51.9 Å². The molecule has 2 aromatic rings. The molecule has 2 aromatic heterocycles. The molecule has 1 N–H and O–H groups in total. The molecule has 0 unspecified atom stereocenters. The molecule has 0 atom stereocenters. The summed E-state index contributed by atoms with van der Waals surface area (Å²) < 4.78 is 0. The van der Waals surface area contributed by atoms with Crippen molar-refractivity contribution >= 4 is 23.4 Å². The monoisotopic (exact) mass is 446 g/mol. The first kappa shape index (κ1) is 20.9. The van der Waals surface area contributed by atoms with E-state index in [0.717, 1.165) is 73.6 Å². The fourth-order valence-electron chi connectivity index (χ4n) is 7.47. The van der Waals surface area contributed by atoms with Gasteiger partial charge in [-0.3, -0.25) is 4.79 Å². The number of hydrogen-bond donors (Lipinski definition) is 1. The lowest BCUT2D eigenvalue weighted by molar-refractivity contribution is -0.139. The molecule has 0 aromatic carbocycles. The number of nitrogens with one attached hydrogen (secondary N) is 1. The van der Waals surface area contributed by atoms with Crippen LogP contribution in [0.5, 0.6) is 0 Å². The van der Waals surface area contributed by atoms with Crippen molar-refractivity contribution in [2.24, 2.45) is 23.2 Å². The second-order valence-electron chi connectivity index (χ2n) is 11.0. The summed E-state index contributed by atoms with van der Waals surface area (Å²) in [6.07, 6.45) is 10.7. The van der Waals surface area contributed by atoms with E-state index < -0.39 is 0 Å². The second-order valence-corrected chi connectivity index (χ2v) is 11.0. The van der Waals surface area contributed by atoms with E-state index in [1.165, 1.54) is 38.5 Å². The topological polar surface area (TPSA) is 74.2 Å². The van der Waals surface area contributed by atoms with Gasteiger partial charge in [-0.2, -0.15) is 0 Å². The van der Waals surface area contributed by atoms with Gasteiger partial charge < -0.3 is 15.1 Å². The molecule has 4 bridgehead atoms. The van der Waals surface area contributed by atoms with E-state index in [9.17, 15) is 4.79 Å². The Balaban J connectivity index is 1.08. The highest BCUT2D eigenvalue weighted by atomic mass is 16.2. The third-order valence-corrected chi connectivity index (χ3v) is 8.39. The van der Waals surface area contributed by atoms with Gasteiger partial charge in [-0.05, 0) is 80.8 Å². The van der Waals surface area contributed by atoms with E-state index in [1.54, 1.807) is 6.20 Å². The molecule has 5 fully saturated rings. The number of rotatable bonds is 5. The Bertz CT molecular complexity index is 981. The van der Waals surface area contributed by atoms with Crippen molar-refractivity contribution in [1.29, 1.82) is 0 Å². The molecule has 1 saturated heterocycles. The van der Waals surface area contributed by atoms with Crippen LogP contribution in [0, 0.1) is 30.1 Å². The number of amides is 1. The van der Waals surface area contributed by atoms with Gasteiger partial charge in [0.2, 0.25) is 5.91 Å². The van der Waals surface area contributed by atoms with Crippen molar-refractivity contribution in [1.82, 2.24) is 19.9 Å². The average molecular weight is 447 g/mol. The molecule has 7 rings (SSSR count). The maximum absolute atomic E-state index is 13.3. The highest BCUT2D eigenvalue weighted by molar-refractivity contribution is 5.77. The van der Waals surface area contributed by atoms with Crippen molar-refractivity contribution in [2.75, 3.05) is 36.4 Å². The molecule has 7 nitrogen and oxygen atoms in total. The van der Waals surface area contributed by atoms with Crippen LogP contribution in [0.1, 0.15) is 50.8 Å². The molecular formula is C26H34N6O. The highest BCUT2D eigenvalue weighted by Crippen LogP contribution is 2.61. The smallest absolute Gasteiger partial charge is 0.223 e. The Labute approximate surface area is 196 Å². The van der Waals surface area contributed by atoms with Gasteiger partial charge in [-0.25, -0.2) is 15.0 Å². The first-order valence-corrected chi connectivity index (χ1v) is 12.6. The first-order chi connectivity index (χ1) is 16.0. The molecule has 1 aliphatic heterocycles. The molecule has 5 aliphatic rings. The summed E-state index contributed by atoms with van der Waals surface area (Å²) in [5.41, 5.74) is 0.318. The molecule has 7 heteroatoms. The van der Waals surface area contributed by atoms with E-state index in [2.05, 4.69) is 30.1 Å². The molecule has 4 aliphatic carbocycles. The van der Waals surface area contributed by atoms with Gasteiger partial charge in [-0.15, -0.1) is 0 Å². The van der Waals surface area contributed by atoms with Crippen LogP contribution in [0.4, 0.5) is 17.5 Å². The van der Waals surface area contributed by atoms with E-state index in [1.807, 2.05) is 31.2 Å². The number of aromatic nitrogens is 3. The number of aryl methyl sites for hydroxylation is 1. The van der Waals surface area contributed by atoms with Crippen LogP contribution in [-0.2, 0) is 4.79 Å². The largest absolute Gasteiger partial charge is 0.353 e. The quantitative estimate of drug-likeness (QED) is 0.743. The minimum absolute atomic E-state index is 0.318. The molecule has 1 amide bonds. The molecular weight excluding hydrogens is 412 g/mol. The molecule has 3 heterocycles. The summed E-state index contributed by atoms with van der Waals surface area (Å²) >= 11 is 0. The third-order valence-electron chi connectivity index (χ3n) is 8.39. The fourth-order valence-corrected chi connectivity index (χ4v) is 7.47. The zero-order valence-corrected chi connectivity index (χ0v) is 19.5. The number of anilines is 3. The van der Waals surface area contributed by atoms with Gasteiger partial charge in [0.05, 0.1) is 0 Å². The number of nitrogens with zero attached hydrogens (tertiary/aromatic N) is 5. The van der Waals surface area contributed by atoms with E-state index >= 15 is 0 Å². The van der Waals surface area contributed by atoms with Crippen molar-refractivity contribution in [3.8, 4) is 0 Å². The van der Waals surface area contributed by atoms with Gasteiger partial charge in [-0.1, -0.05) is 6.07 Å². The number of piperazine rings is 1. The zero-order valence-electron chi connectivity index (χ0n) is 19.5. The number of carbonyl (C=O) groups is 1. The Morgan fingerprint density at radius 1 is 1.00 bits per heavy atom. The summed E-state index contributed by atoms with van der Waals surface area (Å²) in [4.78, 5) is 31.2. The minimum atomic E-state index is 0.318. The predicted molar refractivity (Wildman–Crippen MR) is 128 cm³/mol. The molecule has 0 radical (unpaired) electrons. The van der Waals surface area contributed by atoms with Crippen LogP contribution in [0.25, 0.3) is 0 Å². The minimum Gasteiger partial charge on any atom is -0.353 e. The summed E-state index contributed by atoms with van der Waals surface area (Å²) in [6.45, 7) is 5.09. The van der Waals surface area contributed by atoms with Crippen LogP contribution >= 0.6 is 0 Å². The highest BCUT2D eigenvalue weighted by Gasteiger charge is 2.51. The number of carbonyl (C=O) groups excluding carboxylic acids is 1. The number of pyridine rings is 1. The van der Waals surface area contributed by atoms with E-state index in [4.69, 9.17) is 0 Å². The lowest BCUT2D eigenvalue weighted by Crippen LogP contribution is -2.52. The molecule has 0 spiro atoms. The van der Waals surface area contributed by atoms with E-state index in [0.29, 0.717) is 11.3 Å². The summed E-state index contributed by atoms with van der Waals surface area (Å²) in [6, 6.07) is 7.75. The van der Waals surface area contributed by atoms with Gasteiger partial charge in [0.1, 0.15) is 23.3 Å². The summed E-state index contributed by atoms with van der Waals surface area (Å²) in [5, 5.41) is 3.27. The first-order valence-electron chi connectivity index (χ1n) is 12.6. The molecule has 4 saturated carbocycles. The maximum Gasteiger partial charge on any atom is 0.223 e. The second kappa shape index (κ2) is 8.26. The lowest BCUT2D eigenvalue weighted by Gasteiger charge is -2.57. The standard InChI is InChI=1S/C26H34N6O/c1-18-28-23(30-22-4-2-3-5-27-22)13-24(29-18)31-6-8-32(9-7-31)25(33)17-26-14-19-10-20(15-26)12-21(11-19)16-26/h2-5,13,19-21H,6-12,14-17H2,1H3,(H,27,28,29,30). The van der Waals surface area contributed by atoms with Crippen LogP contribution in [-0.4, -0.2) is 51.9 Å². The van der Waals surface area contributed by atoms with Gasteiger partial charge in [0.15, 0.2) is 0 Å². The summed E-state index contributed by atoms with van der Waals surface area (Å²) in [7, 11) is 0. The summed E-state index contributed by atoms with van der Waals surface area (Å²) in [5.74, 6) is 6.23. The van der Waals surface area contributed by atoms with Crippen molar-refractivity contribution in [3.63, 3.8) is 0 Å². The van der Waals surface area contributed by atoms with Crippen LogP contribution in [0.2, 0.25) is 0 Å². The Morgan fingerprint density at radius 2 is 1.70 bits per heavy atom. The normalized spacial score (nSPS) is 30.5. The molecule has 33 heavy (non-hydrogen) atoms. The van der Waals surface area contributed by atoms with Crippen molar-refractivity contribution in [3.05, 3.63) is 36.3 Å². The van der Waals surface area contributed by atoms with Crippen molar-refractivity contribution < 1.29 is 4.79 Å². The lowest BCUT2D eigenvalue weighted by atomic mass is 9.49. The van der Waals surface area contributed by atoms with E-state index in [-0.39, 0.29) is 0 Å². The van der Waals surface area contributed by atoms with Gasteiger partial charge >= 0.3 is 0 Å². The SMILES string of the molecule is Cc1nc(Nc2ccccn2)cc(N2CCN(C(=O)CC34CC5CC(CC(C5)C3)C4)CC2)n1. The fraction of sp³-hybridized carbons (Fsp3) is 0.615. The Kier molecular flexibility index (Phi) is 5.23. The number of hydrogen-bond acceptors (Lipinski definition) is 6. The Hall–Kier alpha value is -2.70. The third kappa shape index (κ3) is 4.30. The van der Waals surface area contributed by atoms with Gasteiger partial charge in [0, 0.05) is 44.9 Å². The van der Waals surface area contributed by atoms with Crippen LogP contribution in [0.15, 0.2) is 30.5 Å². The predicted octanol–water partition coefficient (Wildman–Crippen LogP) is 4.18. The Morgan fingerprint density at radius 3 is 2.33 bits per heavy atom. The van der Waals surface area contributed by atoms with Gasteiger partial charge in [0.25, 0.3) is 0 Å². The molecule has 174 valence electrons. The van der Waals surface area contributed by atoms with Crippen LogP contribution in [0.3, 0.4) is 0 Å². The average Bonchev–Trinajstić information content (AvgIpc) is 2.78. The van der Waals surface area contributed by atoms with Crippen LogP contribution < -0.4 is 10.2 Å². The maximum atomic E-state index is 13.3.